The number of carbonyl (C=O) groups is 5. The van der Waals surface area contributed by atoms with Crippen LogP contribution in [0.3, 0.4) is 0 Å². The largest absolute Gasteiger partial charge is 0.457 e. The van der Waals surface area contributed by atoms with Crippen molar-refractivity contribution in [3.05, 3.63) is 106 Å². The second kappa shape index (κ2) is 15.7. The number of fused-ring (bicyclic) bond motifs is 1. The number of esters is 2. The lowest BCUT2D eigenvalue weighted by Crippen LogP contribution is -2.71. The molecule has 50 heavy (non-hydrogen) atoms. The van der Waals surface area contributed by atoms with E-state index < -0.39 is 59.2 Å². The number of rotatable bonds is 13. The molecule has 0 spiro atoms. The number of anilines is 1. The van der Waals surface area contributed by atoms with Gasteiger partial charge in [0.1, 0.15) is 32.7 Å². The highest BCUT2D eigenvalue weighted by Crippen LogP contribution is 2.42. The van der Waals surface area contributed by atoms with Crippen molar-refractivity contribution in [2.24, 2.45) is 5.16 Å². The first kappa shape index (κ1) is 36.3. The van der Waals surface area contributed by atoms with Crippen molar-refractivity contribution >= 4 is 75.7 Å². The monoisotopic (exact) mass is 737 g/mol. The predicted molar refractivity (Wildman–Crippen MR) is 188 cm³/mol. The quantitative estimate of drug-likeness (QED) is 0.0833. The molecular weight excluding hydrogens is 706 g/mol. The standard InChI is InChI=1S/C34H32ClN5O8S2/c1-5-19-17-49-31-25(30(44)40(31)26(19)32(45)47-27(20-12-8-6-9-13-20)21-14-10-7-11-15-21)37-29(43)24(23-28(35)50-33(38-23)36-18-41)39-46-16-22(42)48-34(2,3)4/h5-15,18,25,27,31H,1,16-17H2,2-4H3,(H,37,43)(H,36,38,41)/t25?,31-/m0/s1. The predicted octanol–water partition coefficient (Wildman–Crippen LogP) is 4.60. The summed E-state index contributed by atoms with van der Waals surface area (Å²) in [6.45, 7) is 8.22. The minimum atomic E-state index is -1.10. The number of hydrogen-bond donors (Lipinski definition) is 2. The number of hydrogen-bond acceptors (Lipinski definition) is 12. The number of nitrogens with zero attached hydrogens (tertiary/aromatic N) is 3. The van der Waals surface area contributed by atoms with Crippen LogP contribution in [-0.2, 0) is 38.3 Å². The Balaban J connectivity index is 1.37. The van der Waals surface area contributed by atoms with Crippen molar-refractivity contribution < 1.29 is 38.3 Å². The Bertz CT molecular complexity index is 1820. The lowest BCUT2D eigenvalue weighted by molar-refractivity contribution is -0.160. The zero-order valence-electron chi connectivity index (χ0n) is 27.1. The van der Waals surface area contributed by atoms with Crippen LogP contribution >= 0.6 is 34.7 Å². The summed E-state index contributed by atoms with van der Waals surface area (Å²) >= 11 is 8.50. The summed E-state index contributed by atoms with van der Waals surface area (Å²) in [5, 5.41) is 8.17. The zero-order valence-corrected chi connectivity index (χ0v) is 29.5. The maximum Gasteiger partial charge on any atom is 0.356 e. The van der Waals surface area contributed by atoms with E-state index in [4.69, 9.17) is 25.9 Å². The molecule has 13 nitrogen and oxygen atoms in total. The fourth-order valence-electron chi connectivity index (χ4n) is 5.02. The minimum absolute atomic E-state index is 0.0206. The molecule has 16 heteroatoms. The van der Waals surface area contributed by atoms with Crippen molar-refractivity contribution in [3.8, 4) is 0 Å². The summed E-state index contributed by atoms with van der Waals surface area (Å²) in [5.74, 6) is -2.67. The Morgan fingerprint density at radius 3 is 2.34 bits per heavy atom. The lowest BCUT2D eigenvalue weighted by atomic mass is 10.0. The van der Waals surface area contributed by atoms with Crippen LogP contribution in [0.15, 0.2) is 89.7 Å². The fourth-order valence-corrected chi connectivity index (χ4v) is 7.36. The minimum Gasteiger partial charge on any atom is -0.457 e. The second-order valence-electron chi connectivity index (χ2n) is 11.7. The van der Waals surface area contributed by atoms with E-state index in [2.05, 4.69) is 27.4 Å². The van der Waals surface area contributed by atoms with Crippen molar-refractivity contribution in [1.29, 1.82) is 0 Å². The SMILES string of the molecule is C=CC1=C(C(=O)OC(c2ccccc2)c2ccccc2)N2C(=O)C(NC(=O)C(=NOCC(=O)OC(C)(C)C)c3nc(NC=O)sc3Cl)[C@@H]2SC1. The third-order valence-corrected chi connectivity index (χ3v) is 9.61. The first-order valence-electron chi connectivity index (χ1n) is 15.1. The van der Waals surface area contributed by atoms with E-state index in [1.54, 1.807) is 20.8 Å². The molecule has 3 heterocycles. The van der Waals surface area contributed by atoms with E-state index in [-0.39, 0.29) is 20.9 Å². The van der Waals surface area contributed by atoms with Gasteiger partial charge in [0.05, 0.1) is 0 Å². The number of nitrogens with one attached hydrogen (secondary N) is 2. The number of ether oxygens (including phenoxy) is 2. The molecule has 2 aliphatic rings. The third kappa shape index (κ3) is 8.23. The molecule has 1 saturated heterocycles. The average molecular weight is 738 g/mol. The summed E-state index contributed by atoms with van der Waals surface area (Å²) in [6.07, 6.45) is 1.12. The van der Waals surface area contributed by atoms with Crippen molar-refractivity contribution in [1.82, 2.24) is 15.2 Å². The summed E-state index contributed by atoms with van der Waals surface area (Å²) in [7, 11) is 0. The average Bonchev–Trinajstić information content (AvgIpc) is 3.46. The molecule has 0 radical (unpaired) electrons. The highest BCUT2D eigenvalue weighted by Gasteiger charge is 2.54. The lowest BCUT2D eigenvalue weighted by Gasteiger charge is -2.49. The summed E-state index contributed by atoms with van der Waals surface area (Å²) in [6, 6.07) is 17.3. The maximum atomic E-state index is 13.9. The summed E-state index contributed by atoms with van der Waals surface area (Å²) < 4.78 is 11.3. The van der Waals surface area contributed by atoms with Gasteiger partial charge in [-0.3, -0.25) is 19.3 Å². The molecule has 0 aliphatic carbocycles. The molecule has 5 rings (SSSR count). The van der Waals surface area contributed by atoms with Crippen LogP contribution in [0.5, 0.6) is 0 Å². The molecule has 3 amide bonds. The number of halogens is 1. The van der Waals surface area contributed by atoms with Crippen LogP contribution in [-0.4, -0.2) is 75.1 Å². The van der Waals surface area contributed by atoms with Gasteiger partial charge in [0, 0.05) is 5.75 Å². The van der Waals surface area contributed by atoms with E-state index in [0.29, 0.717) is 17.7 Å². The first-order chi connectivity index (χ1) is 23.9. The van der Waals surface area contributed by atoms with Crippen molar-refractivity contribution in [3.63, 3.8) is 0 Å². The van der Waals surface area contributed by atoms with Gasteiger partial charge in [-0.05, 0) is 37.5 Å². The number of oxime groups is 1. The number of aromatic nitrogens is 1. The Morgan fingerprint density at radius 2 is 1.76 bits per heavy atom. The molecule has 3 aromatic rings. The molecule has 0 bridgehead atoms. The zero-order chi connectivity index (χ0) is 36.0. The fraction of sp³-hybridized carbons (Fsp3) is 0.265. The molecule has 1 aromatic heterocycles. The van der Waals surface area contributed by atoms with E-state index >= 15 is 0 Å². The van der Waals surface area contributed by atoms with E-state index in [1.807, 2.05) is 60.7 Å². The normalized spacial score (nSPS) is 17.3. The Morgan fingerprint density at radius 1 is 1.12 bits per heavy atom. The molecule has 260 valence electrons. The van der Waals surface area contributed by atoms with Gasteiger partial charge in [0.2, 0.25) is 13.0 Å². The Hall–Kier alpha value is -4.99. The third-order valence-electron chi connectivity index (χ3n) is 7.12. The molecular formula is C34H32ClN5O8S2. The van der Waals surface area contributed by atoms with Crippen LogP contribution in [0.1, 0.15) is 43.7 Å². The molecule has 1 unspecified atom stereocenters. The van der Waals surface area contributed by atoms with Crippen LogP contribution in [0, 0.1) is 0 Å². The number of amides is 3. The van der Waals surface area contributed by atoms with Crippen molar-refractivity contribution in [2.75, 3.05) is 17.7 Å². The van der Waals surface area contributed by atoms with Gasteiger partial charge >= 0.3 is 11.9 Å². The summed E-state index contributed by atoms with van der Waals surface area (Å²) in [4.78, 5) is 75.0. The van der Waals surface area contributed by atoms with Gasteiger partial charge in [-0.1, -0.05) is 101 Å². The molecule has 2 atom stereocenters. The van der Waals surface area contributed by atoms with Gasteiger partial charge in [-0.2, -0.15) is 0 Å². The first-order valence-corrected chi connectivity index (χ1v) is 17.4. The van der Waals surface area contributed by atoms with E-state index in [1.165, 1.54) is 22.7 Å². The number of allylic oxidation sites excluding steroid dienone is 1. The molecule has 2 N–H and O–H groups in total. The Labute approximate surface area is 300 Å². The number of thioether (sulfide) groups is 1. The van der Waals surface area contributed by atoms with E-state index in [0.717, 1.165) is 22.5 Å². The number of carbonyl (C=O) groups excluding carboxylic acids is 5. The van der Waals surface area contributed by atoms with Gasteiger partial charge in [0.25, 0.3) is 11.8 Å². The summed E-state index contributed by atoms with van der Waals surface area (Å²) in [5.41, 5.74) is 0.589. The van der Waals surface area contributed by atoms with Gasteiger partial charge in [-0.25, -0.2) is 14.6 Å². The van der Waals surface area contributed by atoms with Crippen LogP contribution in [0.25, 0.3) is 0 Å². The van der Waals surface area contributed by atoms with Gasteiger partial charge < -0.3 is 24.9 Å². The number of β-lactam (4-membered cyclic amide) rings is 1. The number of thiazole rings is 1. The maximum absolute atomic E-state index is 13.9. The smallest absolute Gasteiger partial charge is 0.356 e. The molecule has 2 aromatic carbocycles. The van der Waals surface area contributed by atoms with Crippen LogP contribution in [0.2, 0.25) is 4.34 Å². The molecule has 2 aliphatic heterocycles. The van der Waals surface area contributed by atoms with Gasteiger partial charge in [-0.15, -0.1) is 11.8 Å². The Kier molecular flexibility index (Phi) is 11.4. The highest BCUT2D eigenvalue weighted by molar-refractivity contribution is 8.00. The topological polar surface area (TPSA) is 166 Å². The van der Waals surface area contributed by atoms with Crippen LogP contribution in [0.4, 0.5) is 5.13 Å². The molecule has 0 saturated carbocycles. The van der Waals surface area contributed by atoms with Crippen LogP contribution < -0.4 is 10.6 Å². The molecule has 1 fully saturated rings. The van der Waals surface area contributed by atoms with Crippen molar-refractivity contribution in [2.45, 2.75) is 43.9 Å². The second-order valence-corrected chi connectivity index (χ2v) is 14.5. The highest BCUT2D eigenvalue weighted by atomic mass is 35.5. The van der Waals surface area contributed by atoms with E-state index in [9.17, 15) is 24.0 Å². The number of benzene rings is 2. The van der Waals surface area contributed by atoms with Gasteiger partial charge in [0.15, 0.2) is 16.9 Å².